The highest BCUT2D eigenvalue weighted by Gasteiger charge is 2.36. The molecule has 1 aromatic rings. The monoisotopic (exact) mass is 373 g/mol. The van der Waals surface area contributed by atoms with Crippen molar-refractivity contribution in [1.82, 2.24) is 9.78 Å². The summed E-state index contributed by atoms with van der Waals surface area (Å²) in [5.41, 5.74) is 0.683. The van der Waals surface area contributed by atoms with Crippen molar-refractivity contribution in [2.45, 2.75) is 43.5 Å². The Morgan fingerprint density at radius 1 is 1.24 bits per heavy atom. The van der Waals surface area contributed by atoms with Gasteiger partial charge in [-0.25, -0.2) is 18.2 Å². The maximum atomic E-state index is 13.1. The van der Waals surface area contributed by atoms with Gasteiger partial charge in [0.25, 0.3) is 0 Å². The maximum Gasteiger partial charge on any atom is 0.435 e. The zero-order valence-electron chi connectivity index (χ0n) is 13.3. The molecule has 0 radical (unpaired) electrons. The third-order valence-corrected chi connectivity index (χ3v) is 5.52. The van der Waals surface area contributed by atoms with Crippen molar-refractivity contribution in [3.05, 3.63) is 41.8 Å². The van der Waals surface area contributed by atoms with Crippen molar-refractivity contribution in [2.24, 2.45) is 5.14 Å². The smallest absolute Gasteiger partial charge is 0.233 e. The van der Waals surface area contributed by atoms with E-state index in [2.05, 4.69) is 5.10 Å². The lowest BCUT2D eigenvalue weighted by atomic mass is 9.96. The zero-order chi connectivity index (χ0) is 18.2. The van der Waals surface area contributed by atoms with Gasteiger partial charge in [-0.05, 0) is 49.8 Å². The highest BCUT2D eigenvalue weighted by Crippen LogP contribution is 2.35. The molecule has 2 N–H and O–H groups in total. The molecule has 2 aliphatic carbocycles. The number of halogens is 3. The van der Waals surface area contributed by atoms with Crippen LogP contribution in [0.3, 0.4) is 0 Å². The first kappa shape index (κ1) is 17.9. The average molecular weight is 373 g/mol. The summed E-state index contributed by atoms with van der Waals surface area (Å²) in [6.45, 7) is 0. The van der Waals surface area contributed by atoms with Crippen molar-refractivity contribution in [3.63, 3.8) is 0 Å². The predicted octanol–water partition coefficient (Wildman–Crippen LogP) is 3.32. The molecule has 1 unspecified atom stereocenters. The van der Waals surface area contributed by atoms with Gasteiger partial charge in [-0.3, -0.25) is 0 Å². The predicted molar refractivity (Wildman–Crippen MR) is 88.6 cm³/mol. The Balaban J connectivity index is 2.01. The summed E-state index contributed by atoms with van der Waals surface area (Å²) in [6.07, 6.45) is 5.35. The van der Waals surface area contributed by atoms with Crippen LogP contribution in [0.15, 0.2) is 30.4 Å². The Kier molecular flexibility index (Phi) is 4.63. The number of aromatic nitrogens is 2. The summed E-state index contributed by atoms with van der Waals surface area (Å²) < 4.78 is 63.4. The minimum atomic E-state index is -4.54. The SMILES string of the molecule is NS(=O)(=O)C1C=CC(n2nc(C(F)(F)F)cc2C2=CCCCC2)=CC1. The van der Waals surface area contributed by atoms with Crippen LogP contribution >= 0.6 is 0 Å². The summed E-state index contributed by atoms with van der Waals surface area (Å²) in [5, 5.41) is 7.96. The van der Waals surface area contributed by atoms with E-state index in [1.54, 1.807) is 6.08 Å². The van der Waals surface area contributed by atoms with Gasteiger partial charge in [-0.2, -0.15) is 18.3 Å². The molecule has 1 aromatic heterocycles. The summed E-state index contributed by atoms with van der Waals surface area (Å²) in [5.74, 6) is 0. The van der Waals surface area contributed by atoms with E-state index in [1.807, 2.05) is 6.08 Å². The first-order valence-electron chi connectivity index (χ1n) is 7.93. The molecule has 136 valence electrons. The van der Waals surface area contributed by atoms with E-state index >= 15 is 0 Å². The first-order chi connectivity index (χ1) is 11.7. The molecular formula is C16H18F3N3O2S. The molecule has 1 atom stereocenters. The normalized spacial score (nSPS) is 21.8. The van der Waals surface area contributed by atoms with Gasteiger partial charge >= 0.3 is 6.18 Å². The molecule has 0 spiro atoms. The Bertz CT molecular complexity index is 864. The van der Waals surface area contributed by atoms with Gasteiger partial charge in [0.05, 0.1) is 16.6 Å². The van der Waals surface area contributed by atoms with Crippen LogP contribution in [-0.4, -0.2) is 23.4 Å². The molecule has 0 bridgehead atoms. The van der Waals surface area contributed by atoms with Crippen LogP contribution in [0.5, 0.6) is 0 Å². The van der Waals surface area contributed by atoms with Crippen LogP contribution in [0, 0.1) is 0 Å². The number of rotatable bonds is 3. The Hall–Kier alpha value is -1.87. The van der Waals surface area contributed by atoms with Gasteiger partial charge < -0.3 is 0 Å². The minimum Gasteiger partial charge on any atom is -0.233 e. The van der Waals surface area contributed by atoms with Gasteiger partial charge in [0, 0.05) is 0 Å². The van der Waals surface area contributed by atoms with Gasteiger partial charge in [0.15, 0.2) is 5.69 Å². The van der Waals surface area contributed by atoms with Crippen molar-refractivity contribution < 1.29 is 21.6 Å². The van der Waals surface area contributed by atoms with Crippen LogP contribution in [0.2, 0.25) is 0 Å². The number of hydrogen-bond donors (Lipinski definition) is 1. The van der Waals surface area contributed by atoms with Crippen molar-refractivity contribution in [2.75, 3.05) is 0 Å². The molecule has 3 rings (SSSR count). The molecule has 0 amide bonds. The number of alkyl halides is 3. The van der Waals surface area contributed by atoms with Crippen LogP contribution < -0.4 is 5.14 Å². The zero-order valence-corrected chi connectivity index (χ0v) is 14.1. The maximum absolute atomic E-state index is 13.1. The third kappa shape index (κ3) is 3.87. The Morgan fingerprint density at radius 2 is 2.00 bits per heavy atom. The largest absolute Gasteiger partial charge is 0.435 e. The second kappa shape index (κ2) is 6.45. The summed E-state index contributed by atoms with van der Waals surface area (Å²) in [6, 6.07) is 1.05. The number of hydrogen-bond acceptors (Lipinski definition) is 3. The van der Waals surface area contributed by atoms with Crippen LogP contribution in [0.4, 0.5) is 13.2 Å². The number of sulfonamides is 1. The Morgan fingerprint density at radius 3 is 2.52 bits per heavy atom. The molecule has 0 saturated heterocycles. The molecule has 1 heterocycles. The molecule has 0 saturated carbocycles. The molecule has 0 aliphatic heterocycles. The lowest BCUT2D eigenvalue weighted by Gasteiger charge is -2.18. The van der Waals surface area contributed by atoms with Crippen molar-refractivity contribution >= 4 is 21.3 Å². The highest BCUT2D eigenvalue weighted by atomic mass is 32.2. The second-order valence-electron chi connectivity index (χ2n) is 6.15. The van der Waals surface area contributed by atoms with E-state index < -0.39 is 27.1 Å². The summed E-state index contributed by atoms with van der Waals surface area (Å²) >= 11 is 0. The first-order valence-corrected chi connectivity index (χ1v) is 9.54. The number of nitrogens with zero attached hydrogens (tertiary/aromatic N) is 2. The lowest BCUT2D eigenvalue weighted by Crippen LogP contribution is -2.27. The number of allylic oxidation sites excluding steroid dienone is 5. The van der Waals surface area contributed by atoms with E-state index in [0.29, 0.717) is 17.8 Å². The van der Waals surface area contributed by atoms with Gasteiger partial charge in [-0.1, -0.05) is 18.2 Å². The number of nitrogens with two attached hydrogens (primary N) is 1. The third-order valence-electron chi connectivity index (χ3n) is 4.33. The standard InChI is InChI=1S/C16H18F3N3O2S/c17-16(18,19)15-10-14(11-4-2-1-3-5-11)22(21-15)12-6-8-13(9-7-12)25(20,23)24/h4,6-8,10,13H,1-3,5,9H2,(H2,20,23,24). The second-order valence-corrected chi connectivity index (χ2v) is 7.93. The molecule has 2 aliphatic rings. The van der Waals surface area contributed by atoms with Crippen LogP contribution in [0.1, 0.15) is 43.5 Å². The van der Waals surface area contributed by atoms with E-state index in [9.17, 15) is 21.6 Å². The molecule has 9 heteroatoms. The number of primary sulfonamides is 1. The molecule has 25 heavy (non-hydrogen) atoms. The summed E-state index contributed by atoms with van der Waals surface area (Å²) in [7, 11) is -3.73. The molecule has 0 aromatic carbocycles. The quantitative estimate of drug-likeness (QED) is 0.883. The van der Waals surface area contributed by atoms with E-state index in [-0.39, 0.29) is 6.42 Å². The average Bonchev–Trinajstić information content (AvgIpc) is 3.00. The fraction of sp³-hybridized carbons (Fsp3) is 0.438. The molecule has 5 nitrogen and oxygen atoms in total. The minimum absolute atomic E-state index is 0.102. The van der Waals surface area contributed by atoms with Crippen LogP contribution in [0.25, 0.3) is 11.3 Å². The van der Waals surface area contributed by atoms with Crippen LogP contribution in [-0.2, 0) is 16.2 Å². The highest BCUT2D eigenvalue weighted by molar-refractivity contribution is 7.89. The van der Waals surface area contributed by atoms with Crippen molar-refractivity contribution in [1.29, 1.82) is 0 Å². The topological polar surface area (TPSA) is 78.0 Å². The van der Waals surface area contributed by atoms with E-state index in [0.717, 1.165) is 30.9 Å². The molecular weight excluding hydrogens is 355 g/mol. The molecule has 0 fully saturated rings. The summed E-state index contributed by atoms with van der Waals surface area (Å²) in [4.78, 5) is 0. The van der Waals surface area contributed by atoms with Gasteiger partial charge in [0.2, 0.25) is 10.0 Å². The Labute approximate surface area is 143 Å². The van der Waals surface area contributed by atoms with Gasteiger partial charge in [-0.15, -0.1) is 0 Å². The fourth-order valence-electron chi connectivity index (χ4n) is 3.01. The fourth-order valence-corrected chi connectivity index (χ4v) is 3.67. The van der Waals surface area contributed by atoms with Gasteiger partial charge in [0.1, 0.15) is 0 Å². The van der Waals surface area contributed by atoms with E-state index in [1.165, 1.54) is 16.8 Å². The van der Waals surface area contributed by atoms with E-state index in [4.69, 9.17) is 5.14 Å². The van der Waals surface area contributed by atoms with Crippen molar-refractivity contribution in [3.8, 4) is 0 Å². The lowest BCUT2D eigenvalue weighted by molar-refractivity contribution is -0.141.